The molecule has 0 fully saturated rings. The van der Waals surface area contributed by atoms with Gasteiger partial charge >= 0.3 is 0 Å². The van der Waals surface area contributed by atoms with E-state index in [0.717, 1.165) is 5.56 Å². The molecule has 0 spiro atoms. The van der Waals surface area contributed by atoms with Gasteiger partial charge in [-0.25, -0.2) is 4.39 Å². The molecule has 0 amide bonds. The molecule has 0 saturated carbocycles. The lowest BCUT2D eigenvalue weighted by Gasteiger charge is -2.07. The molecule has 18 heavy (non-hydrogen) atoms. The molecule has 0 bridgehead atoms. The van der Waals surface area contributed by atoms with E-state index in [0.29, 0.717) is 22.9 Å². The van der Waals surface area contributed by atoms with Crippen LogP contribution in [0.4, 0.5) is 10.1 Å². The smallest absolute Gasteiger partial charge is 0.123 e. The molecule has 0 aliphatic rings. The Kier molecular flexibility index (Phi) is 4.18. The van der Waals surface area contributed by atoms with Crippen LogP contribution in [-0.4, -0.2) is 0 Å². The Morgan fingerprint density at radius 1 is 1.11 bits per heavy atom. The quantitative estimate of drug-likeness (QED) is 0.854. The summed E-state index contributed by atoms with van der Waals surface area (Å²) in [5.74, 6) is -0.314. The fraction of sp³-hybridized carbons (Fsp3) is 0.143. The van der Waals surface area contributed by atoms with Gasteiger partial charge in [-0.15, -0.1) is 0 Å². The number of benzene rings is 2. The summed E-state index contributed by atoms with van der Waals surface area (Å²) in [5, 5.41) is 0.668. The van der Waals surface area contributed by atoms with Crippen LogP contribution in [0.2, 0.25) is 5.02 Å². The zero-order valence-electron chi connectivity index (χ0n) is 9.70. The van der Waals surface area contributed by atoms with Gasteiger partial charge in [-0.3, -0.25) is 0 Å². The SMILES string of the molecule is Nc1ccc(F)cc1COCc1cccc(Cl)c1. The highest BCUT2D eigenvalue weighted by Gasteiger charge is 2.02. The van der Waals surface area contributed by atoms with Crippen molar-refractivity contribution in [1.82, 2.24) is 0 Å². The molecular weight excluding hydrogens is 253 g/mol. The van der Waals surface area contributed by atoms with Crippen molar-refractivity contribution in [2.75, 3.05) is 5.73 Å². The van der Waals surface area contributed by atoms with Gasteiger partial charge in [0.05, 0.1) is 13.2 Å². The summed E-state index contributed by atoms with van der Waals surface area (Å²) in [6, 6.07) is 11.7. The number of hydrogen-bond acceptors (Lipinski definition) is 2. The predicted molar refractivity (Wildman–Crippen MR) is 70.8 cm³/mol. The van der Waals surface area contributed by atoms with Crippen LogP contribution < -0.4 is 5.73 Å². The number of anilines is 1. The second-order valence-corrected chi connectivity index (χ2v) is 4.40. The maximum absolute atomic E-state index is 13.0. The van der Waals surface area contributed by atoms with Crippen molar-refractivity contribution in [2.24, 2.45) is 0 Å². The molecule has 94 valence electrons. The van der Waals surface area contributed by atoms with Crippen LogP contribution in [0, 0.1) is 5.82 Å². The Bertz CT molecular complexity index is 545. The molecule has 0 aromatic heterocycles. The minimum Gasteiger partial charge on any atom is -0.398 e. The molecule has 0 atom stereocenters. The standard InChI is InChI=1S/C14H13ClFNO/c15-12-3-1-2-10(6-12)8-18-9-11-7-13(16)4-5-14(11)17/h1-7H,8-9,17H2. The summed E-state index contributed by atoms with van der Waals surface area (Å²) in [7, 11) is 0. The van der Waals surface area contributed by atoms with Crippen LogP contribution in [0.15, 0.2) is 42.5 Å². The van der Waals surface area contributed by atoms with Gasteiger partial charge in [-0.1, -0.05) is 23.7 Å². The van der Waals surface area contributed by atoms with Crippen LogP contribution in [0.3, 0.4) is 0 Å². The molecule has 2 rings (SSSR count). The molecule has 0 heterocycles. The van der Waals surface area contributed by atoms with Gasteiger partial charge < -0.3 is 10.5 Å². The van der Waals surface area contributed by atoms with Gasteiger partial charge in [0.1, 0.15) is 5.82 Å². The van der Waals surface area contributed by atoms with E-state index < -0.39 is 0 Å². The first-order valence-electron chi connectivity index (χ1n) is 5.51. The number of nitrogens with two attached hydrogens (primary N) is 1. The van der Waals surface area contributed by atoms with Gasteiger partial charge in [0.15, 0.2) is 0 Å². The molecule has 4 heteroatoms. The number of ether oxygens (including phenoxy) is 1. The number of nitrogen functional groups attached to an aromatic ring is 1. The minimum atomic E-state index is -0.314. The second-order valence-electron chi connectivity index (χ2n) is 3.97. The topological polar surface area (TPSA) is 35.2 Å². The van der Waals surface area contributed by atoms with Crippen molar-refractivity contribution in [3.05, 3.63) is 64.4 Å². The van der Waals surface area contributed by atoms with E-state index in [1.54, 1.807) is 6.07 Å². The van der Waals surface area contributed by atoms with Crippen LogP contribution in [0.5, 0.6) is 0 Å². The third kappa shape index (κ3) is 3.45. The highest BCUT2D eigenvalue weighted by molar-refractivity contribution is 6.30. The van der Waals surface area contributed by atoms with Crippen molar-refractivity contribution in [1.29, 1.82) is 0 Å². The summed E-state index contributed by atoms with van der Waals surface area (Å²) in [4.78, 5) is 0. The Hall–Kier alpha value is -1.58. The molecule has 2 aromatic carbocycles. The van der Waals surface area contributed by atoms with E-state index in [-0.39, 0.29) is 12.4 Å². The number of hydrogen-bond donors (Lipinski definition) is 1. The number of rotatable bonds is 4. The summed E-state index contributed by atoms with van der Waals surface area (Å²) in [6.45, 7) is 0.687. The first-order valence-corrected chi connectivity index (χ1v) is 5.89. The predicted octanol–water partition coefficient (Wildman–Crippen LogP) is 3.78. The van der Waals surface area contributed by atoms with E-state index in [1.807, 2.05) is 18.2 Å². The van der Waals surface area contributed by atoms with Crippen LogP contribution >= 0.6 is 11.6 Å². The second kappa shape index (κ2) is 5.85. The van der Waals surface area contributed by atoms with Crippen molar-refractivity contribution >= 4 is 17.3 Å². The van der Waals surface area contributed by atoms with Crippen LogP contribution in [0.25, 0.3) is 0 Å². The fourth-order valence-corrected chi connectivity index (χ4v) is 1.82. The summed E-state index contributed by atoms with van der Waals surface area (Å²) in [6.07, 6.45) is 0. The monoisotopic (exact) mass is 265 g/mol. The Morgan fingerprint density at radius 3 is 2.72 bits per heavy atom. The maximum atomic E-state index is 13.0. The molecule has 2 nitrogen and oxygen atoms in total. The molecule has 0 aliphatic heterocycles. The zero-order chi connectivity index (χ0) is 13.0. The highest BCUT2D eigenvalue weighted by atomic mass is 35.5. The minimum absolute atomic E-state index is 0.274. The van der Waals surface area contributed by atoms with E-state index in [2.05, 4.69) is 0 Å². The lowest BCUT2D eigenvalue weighted by molar-refractivity contribution is 0.107. The first-order chi connectivity index (χ1) is 8.65. The van der Waals surface area contributed by atoms with Crippen molar-refractivity contribution in [3.8, 4) is 0 Å². The van der Waals surface area contributed by atoms with E-state index in [4.69, 9.17) is 22.1 Å². The van der Waals surface area contributed by atoms with Gasteiger partial charge in [0.25, 0.3) is 0 Å². The molecule has 2 aromatic rings. The molecule has 0 radical (unpaired) electrons. The average molecular weight is 266 g/mol. The molecule has 0 aliphatic carbocycles. The third-order valence-corrected chi connectivity index (χ3v) is 2.76. The molecule has 2 N–H and O–H groups in total. The van der Waals surface area contributed by atoms with Crippen molar-refractivity contribution in [2.45, 2.75) is 13.2 Å². The lowest BCUT2D eigenvalue weighted by atomic mass is 10.2. The summed E-state index contributed by atoms with van der Waals surface area (Å²) >= 11 is 5.86. The van der Waals surface area contributed by atoms with Gasteiger partial charge in [-0.05, 0) is 35.9 Å². The Balaban J connectivity index is 1.94. The van der Waals surface area contributed by atoms with Crippen molar-refractivity contribution in [3.63, 3.8) is 0 Å². The summed E-state index contributed by atoms with van der Waals surface area (Å²) < 4.78 is 18.5. The van der Waals surface area contributed by atoms with Gasteiger partial charge in [0.2, 0.25) is 0 Å². The zero-order valence-corrected chi connectivity index (χ0v) is 10.5. The average Bonchev–Trinajstić information content (AvgIpc) is 2.34. The Morgan fingerprint density at radius 2 is 1.94 bits per heavy atom. The molecule has 0 saturated heterocycles. The first kappa shape index (κ1) is 12.9. The largest absolute Gasteiger partial charge is 0.398 e. The lowest BCUT2D eigenvalue weighted by Crippen LogP contribution is -1.99. The van der Waals surface area contributed by atoms with Crippen molar-refractivity contribution < 1.29 is 9.13 Å². The Labute approximate surface area is 110 Å². The number of halogens is 2. The van der Waals surface area contributed by atoms with Crippen LogP contribution in [0.1, 0.15) is 11.1 Å². The van der Waals surface area contributed by atoms with E-state index >= 15 is 0 Å². The fourth-order valence-electron chi connectivity index (χ4n) is 1.60. The van der Waals surface area contributed by atoms with Gasteiger partial charge in [0, 0.05) is 16.3 Å². The normalized spacial score (nSPS) is 10.6. The van der Waals surface area contributed by atoms with E-state index in [9.17, 15) is 4.39 Å². The van der Waals surface area contributed by atoms with E-state index in [1.165, 1.54) is 18.2 Å². The third-order valence-electron chi connectivity index (χ3n) is 2.52. The molecular formula is C14H13ClFNO. The summed E-state index contributed by atoms with van der Waals surface area (Å²) in [5.41, 5.74) is 7.88. The van der Waals surface area contributed by atoms with Crippen LogP contribution in [-0.2, 0) is 18.0 Å². The van der Waals surface area contributed by atoms with Gasteiger partial charge in [-0.2, -0.15) is 0 Å². The maximum Gasteiger partial charge on any atom is 0.123 e. The highest BCUT2D eigenvalue weighted by Crippen LogP contribution is 2.16. The molecule has 0 unspecified atom stereocenters.